The summed E-state index contributed by atoms with van der Waals surface area (Å²) in [6.45, 7) is 33.1. The average molecular weight is 835 g/mol. The third kappa shape index (κ3) is 20.7. The van der Waals surface area contributed by atoms with E-state index in [1.165, 1.54) is 0 Å². The molecule has 0 bridgehead atoms. The van der Waals surface area contributed by atoms with Crippen LogP contribution in [0.1, 0.15) is 157 Å². The summed E-state index contributed by atoms with van der Waals surface area (Å²) in [5, 5.41) is 0. The normalized spacial score (nSPS) is 16.9. The van der Waals surface area contributed by atoms with Crippen molar-refractivity contribution < 1.29 is 66.5 Å². The molecule has 14 nitrogen and oxygen atoms in total. The van der Waals surface area contributed by atoms with Crippen LogP contribution in [0.2, 0.25) is 0 Å². The highest BCUT2D eigenvalue weighted by atomic mass is 16.6. The van der Waals surface area contributed by atoms with Gasteiger partial charge in [0.1, 0.15) is 26.4 Å². The summed E-state index contributed by atoms with van der Waals surface area (Å²) in [6.07, 6.45) is 2.50. The van der Waals surface area contributed by atoms with E-state index in [1.807, 2.05) is 83.1 Å². The first-order valence-electron chi connectivity index (χ1n) is 21.2. The first kappa shape index (κ1) is 55.6. The summed E-state index contributed by atoms with van der Waals surface area (Å²) in [6, 6.07) is 0. The van der Waals surface area contributed by atoms with Gasteiger partial charge in [-0.15, -0.1) is 0 Å². The van der Waals surface area contributed by atoms with Gasteiger partial charge in [0, 0.05) is 0 Å². The lowest BCUT2D eigenvalue weighted by molar-refractivity contribution is -0.200. The second-order valence-electron chi connectivity index (χ2n) is 18.2. The Morgan fingerprint density at radius 3 is 1.21 bits per heavy atom. The molecule has 6 atom stereocenters. The van der Waals surface area contributed by atoms with Crippen molar-refractivity contribution in [1.82, 2.24) is 0 Å². The van der Waals surface area contributed by atoms with E-state index in [0.29, 0.717) is 19.3 Å². The summed E-state index contributed by atoms with van der Waals surface area (Å²) < 4.78 is 57.5. The second-order valence-corrected chi connectivity index (χ2v) is 18.2. The van der Waals surface area contributed by atoms with Crippen LogP contribution in [0, 0.1) is 5.41 Å². The Labute approximate surface area is 350 Å². The summed E-state index contributed by atoms with van der Waals surface area (Å²) in [7, 11) is 0. The molecule has 0 N–H and O–H groups in total. The van der Waals surface area contributed by atoms with Crippen molar-refractivity contribution in [3.63, 3.8) is 0 Å². The lowest BCUT2D eigenvalue weighted by Gasteiger charge is -2.41. The minimum atomic E-state index is -1.27. The lowest BCUT2D eigenvalue weighted by Crippen LogP contribution is -2.48. The summed E-state index contributed by atoms with van der Waals surface area (Å²) in [5.74, 6) is -2.18. The van der Waals surface area contributed by atoms with Crippen LogP contribution >= 0.6 is 0 Å². The van der Waals surface area contributed by atoms with Gasteiger partial charge >= 0.3 is 23.9 Å². The van der Waals surface area contributed by atoms with Gasteiger partial charge in [-0.2, -0.15) is 0 Å². The average Bonchev–Trinajstić information content (AvgIpc) is 3.13. The Kier molecular flexibility index (Phi) is 23.8. The van der Waals surface area contributed by atoms with E-state index in [4.69, 9.17) is 47.4 Å². The molecule has 0 heterocycles. The number of hydrogen-bond donors (Lipinski definition) is 0. The largest absolute Gasteiger partial charge is 0.461 e. The van der Waals surface area contributed by atoms with Gasteiger partial charge in [-0.1, -0.05) is 41.5 Å². The molecule has 0 aromatic heterocycles. The number of esters is 4. The van der Waals surface area contributed by atoms with E-state index in [-0.39, 0.29) is 70.7 Å². The van der Waals surface area contributed by atoms with Gasteiger partial charge in [-0.05, 0) is 121 Å². The monoisotopic (exact) mass is 835 g/mol. The number of rotatable bonds is 31. The maximum Gasteiger partial charge on any atom is 0.338 e. The lowest BCUT2D eigenvalue weighted by atomic mass is 9.81. The highest BCUT2D eigenvalue weighted by molar-refractivity contribution is 5.80. The quantitative estimate of drug-likeness (QED) is 0.0379. The second kappa shape index (κ2) is 24.8. The number of carbonyl (C=O) groups excluding carboxylic acids is 4. The van der Waals surface area contributed by atoms with Crippen LogP contribution < -0.4 is 0 Å². The Morgan fingerprint density at radius 2 is 0.845 bits per heavy atom. The van der Waals surface area contributed by atoms with Crippen molar-refractivity contribution in [3.8, 4) is 0 Å². The first-order valence-corrected chi connectivity index (χ1v) is 21.2. The molecule has 0 radical (unpaired) electrons. The van der Waals surface area contributed by atoms with Gasteiger partial charge in [-0.3, -0.25) is 0 Å². The molecule has 6 unspecified atom stereocenters. The van der Waals surface area contributed by atoms with E-state index in [9.17, 15) is 19.2 Å². The zero-order valence-corrected chi connectivity index (χ0v) is 39.5. The fraction of sp³-hybridized carbons (Fsp3) is 0.909. The molecule has 0 aromatic rings. The highest BCUT2D eigenvalue weighted by Crippen LogP contribution is 2.36. The van der Waals surface area contributed by atoms with E-state index in [1.54, 1.807) is 41.5 Å². The van der Waals surface area contributed by atoms with Crippen LogP contribution in [0.3, 0.4) is 0 Å². The van der Waals surface area contributed by atoms with Crippen LogP contribution in [0.25, 0.3) is 0 Å². The van der Waals surface area contributed by atoms with Crippen LogP contribution in [0.15, 0.2) is 0 Å². The standard InChI is InChI=1S/C44H82O14/c1-19-31(5)56-33(7)27-51-35(45)41(13,14)53-25-23-49-37(47)43(17,21-3)55-30-39(9,10)29-40(11,12)58-44(18,22-4)38(48)50-24-26-54-42(15,16)36(46)52-28-34(8)57-32(6)20-2/h31-34H,19-30H2,1-18H3. The molecule has 342 valence electrons. The van der Waals surface area contributed by atoms with Crippen molar-refractivity contribution >= 4 is 23.9 Å². The van der Waals surface area contributed by atoms with Gasteiger partial charge in [0.15, 0.2) is 22.4 Å². The van der Waals surface area contributed by atoms with E-state index < -0.39 is 57.3 Å². The molecule has 0 aliphatic carbocycles. The molecule has 0 amide bonds. The van der Waals surface area contributed by atoms with Crippen molar-refractivity contribution in [2.75, 3.05) is 46.2 Å². The molecular formula is C44H82O14. The van der Waals surface area contributed by atoms with Crippen molar-refractivity contribution in [2.45, 2.75) is 209 Å². The van der Waals surface area contributed by atoms with Gasteiger partial charge in [0.25, 0.3) is 0 Å². The Bertz CT molecular complexity index is 1250. The zero-order chi connectivity index (χ0) is 45.2. The highest BCUT2D eigenvalue weighted by Gasteiger charge is 2.43. The molecule has 0 aromatic carbocycles. The van der Waals surface area contributed by atoms with Gasteiger partial charge in [0.05, 0.1) is 49.8 Å². The Balaban J connectivity index is 5.06. The smallest absolute Gasteiger partial charge is 0.338 e. The summed E-state index contributed by atoms with van der Waals surface area (Å²) in [4.78, 5) is 51.8. The van der Waals surface area contributed by atoms with Gasteiger partial charge < -0.3 is 47.4 Å². The van der Waals surface area contributed by atoms with Crippen molar-refractivity contribution in [2.24, 2.45) is 5.41 Å². The number of ether oxygens (including phenoxy) is 10. The molecule has 0 saturated heterocycles. The van der Waals surface area contributed by atoms with Crippen LogP contribution in [0.5, 0.6) is 0 Å². The summed E-state index contributed by atoms with van der Waals surface area (Å²) >= 11 is 0. The molecule has 0 rings (SSSR count). The van der Waals surface area contributed by atoms with E-state index in [0.717, 1.165) is 12.8 Å². The van der Waals surface area contributed by atoms with Crippen molar-refractivity contribution in [1.29, 1.82) is 0 Å². The van der Waals surface area contributed by atoms with Crippen LogP contribution in [-0.2, 0) is 66.5 Å². The predicted octanol–water partition coefficient (Wildman–Crippen LogP) is 7.72. The maximum atomic E-state index is 13.3. The third-order valence-electron chi connectivity index (χ3n) is 9.92. The van der Waals surface area contributed by atoms with E-state index >= 15 is 0 Å². The molecule has 0 saturated carbocycles. The molecule has 58 heavy (non-hydrogen) atoms. The molecular weight excluding hydrogens is 752 g/mol. The molecule has 14 heteroatoms. The fourth-order valence-corrected chi connectivity index (χ4v) is 5.85. The van der Waals surface area contributed by atoms with Gasteiger partial charge in [-0.25, -0.2) is 19.2 Å². The van der Waals surface area contributed by atoms with Gasteiger partial charge in [0.2, 0.25) is 0 Å². The third-order valence-corrected chi connectivity index (χ3v) is 9.92. The minimum absolute atomic E-state index is 0.0177. The number of carbonyl (C=O) groups is 4. The fourth-order valence-electron chi connectivity index (χ4n) is 5.85. The Hall–Kier alpha value is -2.36. The number of hydrogen-bond acceptors (Lipinski definition) is 14. The summed E-state index contributed by atoms with van der Waals surface area (Å²) in [5.41, 5.74) is -6.30. The molecule has 0 spiro atoms. The molecule has 0 fully saturated rings. The maximum absolute atomic E-state index is 13.3. The van der Waals surface area contributed by atoms with Crippen LogP contribution in [0.4, 0.5) is 0 Å². The Morgan fingerprint density at radius 1 is 0.466 bits per heavy atom. The SMILES string of the molecule is CCC(C)OC(C)COC(=O)C(C)(C)OCCOC(=O)C(C)(CC)OCC(C)(C)CC(C)(C)OC(C)(CC)C(=O)OCCOC(C)(C)C(=O)OCC(C)OC(C)CC. The topological polar surface area (TPSA) is 161 Å². The predicted molar refractivity (Wildman–Crippen MR) is 221 cm³/mol. The van der Waals surface area contributed by atoms with Crippen LogP contribution in [-0.4, -0.2) is 123 Å². The van der Waals surface area contributed by atoms with E-state index in [2.05, 4.69) is 0 Å². The zero-order valence-electron chi connectivity index (χ0n) is 39.5. The minimum Gasteiger partial charge on any atom is -0.461 e. The molecule has 0 aliphatic rings. The first-order chi connectivity index (χ1) is 26.5. The van der Waals surface area contributed by atoms with Crippen molar-refractivity contribution in [3.05, 3.63) is 0 Å². The molecule has 0 aliphatic heterocycles.